The lowest BCUT2D eigenvalue weighted by Gasteiger charge is -2.61. The van der Waals surface area contributed by atoms with Gasteiger partial charge in [0.2, 0.25) is 0 Å². The van der Waals surface area contributed by atoms with Gasteiger partial charge in [-0.25, -0.2) is 0 Å². The van der Waals surface area contributed by atoms with Gasteiger partial charge in [-0.05, 0) is 97.7 Å². The number of unbranched alkanes of at least 4 members (excludes halogenated alkanes) is 1. The summed E-state index contributed by atoms with van der Waals surface area (Å²) in [6.07, 6.45) is 18.0. The smallest absolute Gasteiger partial charge is 0.0266 e. The van der Waals surface area contributed by atoms with Crippen molar-refractivity contribution in [3.8, 4) is 0 Å². The fraction of sp³-hybridized carbons (Fsp3) is 1.00. The van der Waals surface area contributed by atoms with Crippen LogP contribution in [0.15, 0.2) is 0 Å². The first-order chi connectivity index (χ1) is 12.4. The Hall–Kier alpha value is 0. The molecule has 0 aromatic carbocycles. The topological polar surface area (TPSA) is 0 Å². The van der Waals surface area contributed by atoms with Gasteiger partial charge in [0.15, 0.2) is 0 Å². The Morgan fingerprint density at radius 1 is 0.731 bits per heavy atom. The van der Waals surface area contributed by atoms with Crippen LogP contribution in [0.25, 0.3) is 0 Å². The van der Waals surface area contributed by atoms with E-state index < -0.39 is 0 Å². The molecule has 0 N–H and O–H groups in total. The molecule has 8 unspecified atom stereocenters. The van der Waals surface area contributed by atoms with Gasteiger partial charge in [0, 0.05) is 0 Å². The average Bonchev–Trinajstić information content (AvgIpc) is 2.99. The van der Waals surface area contributed by atoms with Crippen LogP contribution in [0, 0.1) is 46.3 Å². The summed E-state index contributed by atoms with van der Waals surface area (Å²) < 4.78 is 0. The van der Waals surface area contributed by atoms with Gasteiger partial charge in [0.1, 0.15) is 0 Å². The Kier molecular flexibility index (Phi) is 6.51. The van der Waals surface area contributed by atoms with Gasteiger partial charge in [-0.1, -0.05) is 67.2 Å². The molecule has 152 valence electrons. The predicted octanol–water partition coefficient (Wildman–Crippen LogP) is 8.50. The number of fused-ring (bicyclic) bond motifs is 5. The summed E-state index contributed by atoms with van der Waals surface area (Å²) in [6.45, 7) is 14.7. The fourth-order valence-electron chi connectivity index (χ4n) is 8.25. The summed E-state index contributed by atoms with van der Waals surface area (Å²) in [5.41, 5.74) is 1.42. The Balaban J connectivity index is 0.000000447. The van der Waals surface area contributed by atoms with E-state index in [9.17, 15) is 0 Å². The number of hydrogen-bond acceptors (Lipinski definition) is 0. The van der Waals surface area contributed by atoms with Crippen molar-refractivity contribution in [1.82, 2.24) is 0 Å². The molecular weight excluding hydrogens is 312 g/mol. The van der Waals surface area contributed by atoms with E-state index in [1.807, 2.05) is 0 Å². The fourth-order valence-corrected chi connectivity index (χ4v) is 8.25. The molecule has 4 rings (SSSR count). The van der Waals surface area contributed by atoms with Crippen molar-refractivity contribution in [2.24, 2.45) is 46.3 Å². The zero-order chi connectivity index (χ0) is 18.9. The molecule has 4 saturated carbocycles. The highest BCUT2D eigenvalue weighted by atomic mass is 14.6. The summed E-state index contributed by atoms with van der Waals surface area (Å²) in [7, 11) is 0. The lowest BCUT2D eigenvalue weighted by Crippen LogP contribution is -2.53. The third kappa shape index (κ3) is 3.41. The van der Waals surface area contributed by atoms with Crippen molar-refractivity contribution < 1.29 is 0 Å². The summed E-state index contributed by atoms with van der Waals surface area (Å²) in [6, 6.07) is 0. The van der Waals surface area contributed by atoms with Crippen molar-refractivity contribution in [2.45, 2.75) is 119 Å². The van der Waals surface area contributed by atoms with Gasteiger partial charge < -0.3 is 0 Å². The summed E-state index contributed by atoms with van der Waals surface area (Å²) in [4.78, 5) is 0. The van der Waals surface area contributed by atoms with Crippen LogP contribution in [-0.4, -0.2) is 0 Å². The normalized spacial score (nSPS) is 50.1. The molecular formula is C26H48. The molecule has 0 spiro atoms. The Morgan fingerprint density at radius 2 is 1.38 bits per heavy atom. The highest BCUT2D eigenvalue weighted by Gasteiger charge is 2.59. The maximum atomic E-state index is 2.72. The summed E-state index contributed by atoms with van der Waals surface area (Å²) >= 11 is 0. The van der Waals surface area contributed by atoms with Crippen LogP contribution < -0.4 is 0 Å². The molecule has 4 aliphatic rings. The van der Waals surface area contributed by atoms with Crippen LogP contribution in [-0.2, 0) is 0 Å². The van der Waals surface area contributed by atoms with Crippen LogP contribution in [0.2, 0.25) is 0 Å². The second-order valence-corrected chi connectivity index (χ2v) is 11.3. The maximum absolute atomic E-state index is 2.72. The second kappa shape index (κ2) is 8.16. The summed E-state index contributed by atoms with van der Waals surface area (Å²) in [5.74, 6) is 6.34. The Morgan fingerprint density at radius 3 is 2.04 bits per heavy atom. The van der Waals surface area contributed by atoms with Crippen LogP contribution in [0.5, 0.6) is 0 Å². The molecule has 0 aromatic heterocycles. The van der Waals surface area contributed by atoms with Crippen molar-refractivity contribution in [3.63, 3.8) is 0 Å². The van der Waals surface area contributed by atoms with Crippen molar-refractivity contribution >= 4 is 0 Å². The van der Waals surface area contributed by atoms with E-state index in [2.05, 4.69) is 41.5 Å². The van der Waals surface area contributed by atoms with Crippen molar-refractivity contribution in [3.05, 3.63) is 0 Å². The largest absolute Gasteiger partial charge is 0.0654 e. The second-order valence-electron chi connectivity index (χ2n) is 11.3. The molecule has 0 radical (unpaired) electrons. The third-order valence-corrected chi connectivity index (χ3v) is 10.1. The van der Waals surface area contributed by atoms with Gasteiger partial charge in [-0.3, -0.25) is 0 Å². The highest BCUT2D eigenvalue weighted by Crippen LogP contribution is 2.68. The minimum atomic E-state index is 0.709. The van der Waals surface area contributed by atoms with Crippen molar-refractivity contribution in [1.29, 1.82) is 0 Å². The standard InChI is InChI=1S/C22H38.C4H10/c1-5-16-7-9-19-18-8-6-17-14-15(2)10-12-22(17,4)20(18)11-13-21(16,19)3;1-3-4-2/h15-20H,5-14H2,1-4H3;3-4H2,1-2H3. The van der Waals surface area contributed by atoms with Gasteiger partial charge in [0.25, 0.3) is 0 Å². The molecule has 0 aromatic rings. The monoisotopic (exact) mass is 360 g/mol. The molecule has 4 fully saturated rings. The Bertz CT molecular complexity index is 451. The third-order valence-electron chi connectivity index (χ3n) is 10.1. The van der Waals surface area contributed by atoms with Crippen LogP contribution in [0.4, 0.5) is 0 Å². The van der Waals surface area contributed by atoms with E-state index in [0.717, 1.165) is 35.5 Å². The van der Waals surface area contributed by atoms with Crippen LogP contribution >= 0.6 is 0 Å². The minimum absolute atomic E-state index is 0.709. The summed E-state index contributed by atoms with van der Waals surface area (Å²) in [5, 5.41) is 0. The molecule has 0 nitrogen and oxygen atoms in total. The van der Waals surface area contributed by atoms with E-state index in [4.69, 9.17) is 0 Å². The lowest BCUT2D eigenvalue weighted by atomic mass is 9.44. The van der Waals surface area contributed by atoms with E-state index in [1.165, 1.54) is 32.1 Å². The van der Waals surface area contributed by atoms with Crippen LogP contribution in [0.3, 0.4) is 0 Å². The first-order valence-electron chi connectivity index (χ1n) is 12.4. The molecule has 0 amide bonds. The van der Waals surface area contributed by atoms with E-state index in [0.29, 0.717) is 10.8 Å². The molecule has 4 aliphatic carbocycles. The van der Waals surface area contributed by atoms with Gasteiger partial charge in [-0.15, -0.1) is 0 Å². The predicted molar refractivity (Wildman–Crippen MR) is 115 cm³/mol. The van der Waals surface area contributed by atoms with Crippen LogP contribution in [0.1, 0.15) is 119 Å². The van der Waals surface area contributed by atoms with Crippen molar-refractivity contribution in [2.75, 3.05) is 0 Å². The number of rotatable bonds is 2. The SMILES string of the molecule is CCC1CCC2C3CCC4CC(C)CCC4(C)C3CCC12C.CCCC. The molecule has 0 saturated heterocycles. The van der Waals surface area contributed by atoms with Gasteiger partial charge >= 0.3 is 0 Å². The molecule has 8 atom stereocenters. The zero-order valence-corrected chi connectivity index (χ0v) is 18.9. The van der Waals surface area contributed by atoms with E-state index >= 15 is 0 Å². The first kappa shape index (κ1) is 20.7. The highest BCUT2D eigenvalue weighted by molar-refractivity contribution is 5.08. The van der Waals surface area contributed by atoms with Gasteiger partial charge in [0.05, 0.1) is 0 Å². The minimum Gasteiger partial charge on any atom is -0.0654 e. The average molecular weight is 361 g/mol. The van der Waals surface area contributed by atoms with E-state index in [1.54, 1.807) is 44.9 Å². The zero-order valence-electron chi connectivity index (χ0n) is 18.9. The maximum Gasteiger partial charge on any atom is -0.0266 e. The quantitative estimate of drug-likeness (QED) is 0.463. The van der Waals surface area contributed by atoms with E-state index in [-0.39, 0.29) is 0 Å². The lowest BCUT2D eigenvalue weighted by molar-refractivity contribution is -0.117. The molecule has 26 heavy (non-hydrogen) atoms. The molecule has 0 bridgehead atoms. The first-order valence-corrected chi connectivity index (χ1v) is 12.4. The Labute approximate surface area is 165 Å². The molecule has 0 aliphatic heterocycles. The molecule has 0 heterocycles. The molecule has 0 heteroatoms. The van der Waals surface area contributed by atoms with Gasteiger partial charge in [-0.2, -0.15) is 0 Å². The number of hydrogen-bond donors (Lipinski definition) is 0.